The van der Waals surface area contributed by atoms with Crippen molar-refractivity contribution in [1.82, 2.24) is 0 Å². The molecule has 3 aromatic rings. The molecule has 1 aliphatic carbocycles. The van der Waals surface area contributed by atoms with Crippen molar-refractivity contribution < 1.29 is 26.5 Å². The van der Waals surface area contributed by atoms with Crippen molar-refractivity contribution in [2.24, 2.45) is 5.92 Å². The van der Waals surface area contributed by atoms with Crippen LogP contribution in [0.15, 0.2) is 78.9 Å². The maximum atomic E-state index is 11.1. The van der Waals surface area contributed by atoms with Crippen LogP contribution in [0.25, 0.3) is 27.3 Å². The SMILES string of the molecule is C=C(C)C(=C)C.[CH3-].[CH3-].[NH-]C(=O)C1CCCCCCCCCCC1.[Si].[Ti+4].c1ccc2c(c1)[cH-]c1ccccc12. The van der Waals surface area contributed by atoms with Gasteiger partial charge in [-0.25, -0.2) is 0 Å². The Labute approximate surface area is 253 Å². The third-order valence-corrected chi connectivity index (χ3v) is 6.73. The van der Waals surface area contributed by atoms with Crippen molar-refractivity contribution in [3.63, 3.8) is 0 Å². The van der Waals surface area contributed by atoms with Crippen LogP contribution >= 0.6 is 0 Å². The smallest absolute Gasteiger partial charge is 0.668 e. The number of amides is 1. The van der Waals surface area contributed by atoms with Gasteiger partial charge in [0.15, 0.2) is 0 Å². The van der Waals surface area contributed by atoms with Crippen LogP contribution < -0.4 is 0 Å². The maximum absolute atomic E-state index is 11.1. The van der Waals surface area contributed by atoms with Gasteiger partial charge in [0.05, 0.1) is 5.91 Å². The van der Waals surface area contributed by atoms with E-state index in [0.717, 1.165) is 36.8 Å². The molecule has 0 heterocycles. The number of hydrogen-bond acceptors (Lipinski definition) is 1. The number of fused-ring (bicyclic) bond motifs is 3. The Kier molecular flexibility index (Phi) is 24.7. The number of nitrogens with one attached hydrogen (secondary N) is 1. The van der Waals surface area contributed by atoms with Crippen molar-refractivity contribution >= 4 is 38.4 Å². The first kappa shape index (κ1) is 40.7. The van der Waals surface area contributed by atoms with Crippen LogP contribution in [-0.4, -0.2) is 16.9 Å². The predicted octanol–water partition coefficient (Wildman–Crippen LogP) is 10.9. The second-order valence-electron chi connectivity index (χ2n) is 9.70. The first-order valence-corrected chi connectivity index (χ1v) is 13.0. The fourth-order valence-corrected chi connectivity index (χ4v) is 4.33. The normalized spacial score (nSPS) is 13.9. The van der Waals surface area contributed by atoms with Gasteiger partial charge in [0.1, 0.15) is 0 Å². The van der Waals surface area contributed by atoms with Gasteiger partial charge >= 0.3 is 21.7 Å². The number of carbonyl (C=O) groups excluding carboxylic acids is 1. The third kappa shape index (κ3) is 15.0. The zero-order valence-electron chi connectivity index (χ0n) is 24.4. The summed E-state index contributed by atoms with van der Waals surface area (Å²) in [5.41, 5.74) is 9.36. The summed E-state index contributed by atoms with van der Waals surface area (Å²) in [4.78, 5) is 11.1. The molecule has 1 amide bonds. The molecule has 4 radical (unpaired) electrons. The van der Waals surface area contributed by atoms with Crippen LogP contribution in [0, 0.1) is 20.8 Å². The summed E-state index contributed by atoms with van der Waals surface area (Å²) in [6.45, 7) is 11.2. The van der Waals surface area contributed by atoms with Gasteiger partial charge in [0, 0.05) is 16.9 Å². The van der Waals surface area contributed by atoms with Crippen LogP contribution in [0.1, 0.15) is 84.5 Å². The second-order valence-corrected chi connectivity index (χ2v) is 9.70. The van der Waals surface area contributed by atoms with Gasteiger partial charge in [-0.3, -0.25) is 0 Å². The van der Waals surface area contributed by atoms with Crippen LogP contribution in [0.5, 0.6) is 0 Å². The number of benzene rings is 2. The van der Waals surface area contributed by atoms with E-state index >= 15 is 0 Å². The van der Waals surface area contributed by atoms with Crippen LogP contribution in [0.3, 0.4) is 0 Å². The Morgan fingerprint density at radius 1 is 0.711 bits per heavy atom. The van der Waals surface area contributed by atoms with Crippen LogP contribution in [0.2, 0.25) is 0 Å². The first-order valence-electron chi connectivity index (χ1n) is 13.0. The summed E-state index contributed by atoms with van der Waals surface area (Å²) in [5.74, 6) is -0.281. The summed E-state index contributed by atoms with van der Waals surface area (Å²) in [5, 5.41) is 5.39. The van der Waals surface area contributed by atoms with Gasteiger partial charge in [-0.05, 0) is 26.7 Å². The van der Waals surface area contributed by atoms with Crippen molar-refractivity contribution in [3.8, 4) is 0 Å². The number of hydrogen-bond donors (Lipinski definition) is 0. The molecule has 0 aromatic heterocycles. The molecule has 3 aromatic carbocycles. The van der Waals surface area contributed by atoms with E-state index in [1.807, 2.05) is 13.8 Å². The average Bonchev–Trinajstić information content (AvgIpc) is 3.19. The maximum Gasteiger partial charge on any atom is 4.00 e. The molecule has 1 fully saturated rings. The molecule has 0 bridgehead atoms. The molecule has 4 heteroatoms. The standard InChI is InChI=1S/C13H25NO.C13H9.C6H10.2CH3.Si.Ti/c14-13(15)12-10-8-6-4-2-1-3-5-7-9-11-12;1-3-7-12-10(5-1)9-11-6-2-4-8-13(11)12;1-5(2)6(3)4;;;;/h12H,1-11H2,(H2,14,15);1-9H;1,3H2,2,4H3;2*1H3;;/q;-1;;2*-1;;+4/p-1. The van der Waals surface area contributed by atoms with Gasteiger partial charge in [-0.2, -0.15) is 0 Å². The van der Waals surface area contributed by atoms with E-state index in [4.69, 9.17) is 5.73 Å². The van der Waals surface area contributed by atoms with Gasteiger partial charge in [0.2, 0.25) is 0 Å². The summed E-state index contributed by atoms with van der Waals surface area (Å²) in [7, 11) is 0. The molecular formula is C34H49NOSiTi. The number of rotatable bonds is 2. The van der Waals surface area contributed by atoms with Crippen molar-refractivity contribution in [2.75, 3.05) is 0 Å². The Balaban J connectivity index is -0.000000493. The molecule has 1 saturated carbocycles. The summed E-state index contributed by atoms with van der Waals surface area (Å²) >= 11 is 0. The molecule has 1 N–H and O–H groups in total. The zero-order valence-corrected chi connectivity index (χ0v) is 26.9. The topological polar surface area (TPSA) is 40.9 Å². The molecule has 0 unspecified atom stereocenters. The molecule has 38 heavy (non-hydrogen) atoms. The van der Waals surface area contributed by atoms with E-state index in [1.54, 1.807) is 0 Å². The quantitative estimate of drug-likeness (QED) is 0.174. The minimum absolute atomic E-state index is 0. The minimum Gasteiger partial charge on any atom is -0.668 e. The molecule has 0 atom stereocenters. The fourth-order valence-electron chi connectivity index (χ4n) is 4.33. The monoisotopic (exact) mass is 563 g/mol. The average molecular weight is 564 g/mol. The Morgan fingerprint density at radius 3 is 1.34 bits per heavy atom. The van der Waals surface area contributed by atoms with E-state index < -0.39 is 0 Å². The van der Waals surface area contributed by atoms with Crippen LogP contribution in [-0.2, 0) is 26.5 Å². The van der Waals surface area contributed by atoms with E-state index in [-0.39, 0.29) is 59.4 Å². The summed E-state index contributed by atoms with van der Waals surface area (Å²) < 4.78 is 0. The van der Waals surface area contributed by atoms with Gasteiger partial charge in [-0.15, -0.1) is 39.7 Å². The van der Waals surface area contributed by atoms with Crippen molar-refractivity contribution in [1.29, 1.82) is 0 Å². The second kappa shape index (κ2) is 23.1. The molecule has 4 rings (SSSR count). The van der Waals surface area contributed by atoms with E-state index in [0.29, 0.717) is 0 Å². The minimum atomic E-state index is -0.327. The Hall–Kier alpha value is -1.81. The van der Waals surface area contributed by atoms with Gasteiger partial charge < -0.3 is 25.4 Å². The van der Waals surface area contributed by atoms with Crippen molar-refractivity contribution in [2.45, 2.75) is 84.5 Å². The molecule has 0 saturated heterocycles. The fraction of sp³-hybridized carbons (Fsp3) is 0.412. The molecule has 204 valence electrons. The number of allylic oxidation sites excluding steroid dienone is 2. The number of carbonyl (C=O) groups is 1. The van der Waals surface area contributed by atoms with Crippen molar-refractivity contribution in [3.05, 3.63) is 99.5 Å². The molecule has 0 aliphatic heterocycles. The van der Waals surface area contributed by atoms with E-state index in [2.05, 4.69) is 67.8 Å². The van der Waals surface area contributed by atoms with Gasteiger partial charge in [-0.1, -0.05) is 118 Å². The van der Waals surface area contributed by atoms with E-state index in [9.17, 15) is 4.79 Å². The largest absolute Gasteiger partial charge is 4.00 e. The van der Waals surface area contributed by atoms with Crippen LogP contribution in [0.4, 0.5) is 0 Å². The molecular weight excluding hydrogens is 514 g/mol. The Morgan fingerprint density at radius 2 is 1.03 bits per heavy atom. The first-order chi connectivity index (χ1) is 16.4. The van der Waals surface area contributed by atoms with E-state index in [1.165, 1.54) is 66.5 Å². The molecule has 0 spiro atoms. The molecule has 2 nitrogen and oxygen atoms in total. The third-order valence-electron chi connectivity index (χ3n) is 6.73. The predicted molar refractivity (Wildman–Crippen MR) is 169 cm³/mol. The summed E-state index contributed by atoms with van der Waals surface area (Å²) in [6, 6.07) is 19.3. The molecule has 1 aliphatic rings. The summed E-state index contributed by atoms with van der Waals surface area (Å²) in [6.07, 6.45) is 13.5. The Bertz CT molecular complexity index is 981. The van der Waals surface area contributed by atoms with Gasteiger partial charge in [0.25, 0.3) is 0 Å². The zero-order chi connectivity index (χ0) is 24.8.